The van der Waals surface area contributed by atoms with Crippen molar-refractivity contribution in [2.24, 2.45) is 0 Å². The first-order valence-corrected chi connectivity index (χ1v) is 7.85. The van der Waals surface area contributed by atoms with Crippen molar-refractivity contribution in [3.8, 4) is 0 Å². The second-order valence-electron chi connectivity index (χ2n) is 4.65. The van der Waals surface area contributed by atoms with Gasteiger partial charge < -0.3 is 9.47 Å². The van der Waals surface area contributed by atoms with Gasteiger partial charge in [-0.15, -0.1) is 0 Å². The zero-order valence-electron chi connectivity index (χ0n) is 12.1. The van der Waals surface area contributed by atoms with E-state index in [0.717, 1.165) is 11.1 Å². The number of carbonyl (C=O) groups excluding carboxylic acids is 2. The molecule has 0 atom stereocenters. The molecule has 0 aliphatic rings. The monoisotopic (exact) mass is 352 g/mol. The predicted octanol–water partition coefficient (Wildman–Crippen LogP) is 3.98. The Morgan fingerprint density at radius 1 is 0.696 bits per heavy atom. The van der Waals surface area contributed by atoms with Crippen LogP contribution in [-0.4, -0.2) is 24.1 Å². The van der Waals surface area contributed by atoms with Gasteiger partial charge in [0.25, 0.3) is 0 Å². The molecule has 0 amide bonds. The molecular formula is C17H14Cl2O4. The number of benzene rings is 2. The van der Waals surface area contributed by atoms with E-state index in [1.165, 1.54) is 0 Å². The van der Waals surface area contributed by atoms with E-state index >= 15 is 0 Å². The second-order valence-corrected chi connectivity index (χ2v) is 5.09. The van der Waals surface area contributed by atoms with Gasteiger partial charge in [-0.05, 0) is 41.8 Å². The highest BCUT2D eigenvalue weighted by atomic mass is 35.5. The second kappa shape index (κ2) is 8.56. The van der Waals surface area contributed by atoms with Crippen LogP contribution in [0.25, 0.3) is 0 Å². The van der Waals surface area contributed by atoms with Gasteiger partial charge in [0.1, 0.15) is 0 Å². The molecule has 0 fully saturated rings. The maximum atomic E-state index is 11.5. The number of esters is 2. The molecule has 2 aromatic rings. The smallest absolute Gasteiger partial charge is 0.339 e. The van der Waals surface area contributed by atoms with E-state index in [1.807, 2.05) is 24.3 Å². The van der Waals surface area contributed by atoms with E-state index in [1.54, 1.807) is 24.3 Å². The van der Waals surface area contributed by atoms with Crippen LogP contribution >= 0.6 is 23.2 Å². The van der Waals surface area contributed by atoms with Crippen LogP contribution in [0.1, 0.15) is 31.8 Å². The van der Waals surface area contributed by atoms with Gasteiger partial charge in [0.15, 0.2) is 12.1 Å². The van der Waals surface area contributed by atoms with Crippen molar-refractivity contribution in [1.82, 2.24) is 0 Å². The molecular weight excluding hydrogens is 339 g/mol. The van der Waals surface area contributed by atoms with Gasteiger partial charge in [-0.2, -0.15) is 0 Å². The Labute approximate surface area is 143 Å². The molecule has 0 spiro atoms. The van der Waals surface area contributed by atoms with Crippen LogP contribution in [0.5, 0.6) is 0 Å². The van der Waals surface area contributed by atoms with Gasteiger partial charge in [-0.3, -0.25) is 0 Å². The predicted molar refractivity (Wildman–Crippen MR) is 88.0 cm³/mol. The number of halogens is 2. The van der Waals surface area contributed by atoms with E-state index < -0.39 is 11.9 Å². The number of alkyl halides is 2. The lowest BCUT2D eigenvalue weighted by Crippen LogP contribution is -2.04. The number of rotatable bonds is 6. The van der Waals surface area contributed by atoms with Crippen molar-refractivity contribution < 1.29 is 19.1 Å². The molecule has 0 N–H and O–H groups in total. The maximum Gasteiger partial charge on any atom is 0.339 e. The average molecular weight is 353 g/mol. The largest absolute Gasteiger partial charge is 0.446 e. The van der Waals surface area contributed by atoms with Crippen molar-refractivity contribution >= 4 is 35.1 Å². The van der Waals surface area contributed by atoms with Crippen molar-refractivity contribution in [3.05, 3.63) is 70.8 Å². The van der Waals surface area contributed by atoms with E-state index in [4.69, 9.17) is 32.7 Å². The summed E-state index contributed by atoms with van der Waals surface area (Å²) in [5, 5.41) is 0. The summed E-state index contributed by atoms with van der Waals surface area (Å²) in [4.78, 5) is 23.0. The highest BCUT2D eigenvalue weighted by molar-refractivity contribution is 6.18. The number of hydrogen-bond donors (Lipinski definition) is 0. The summed E-state index contributed by atoms with van der Waals surface area (Å²) in [5.41, 5.74) is 2.97. The van der Waals surface area contributed by atoms with Crippen molar-refractivity contribution in [2.45, 2.75) is 6.42 Å². The third-order valence-corrected chi connectivity index (χ3v) is 3.38. The summed E-state index contributed by atoms with van der Waals surface area (Å²) in [5.74, 6) is -0.901. The average Bonchev–Trinajstić information content (AvgIpc) is 2.56. The SMILES string of the molecule is O=C(OCCl)c1ccc(Cc2ccc(C(=O)OCCl)cc2)cc1. The van der Waals surface area contributed by atoms with Crippen LogP contribution in [0.15, 0.2) is 48.5 Å². The fourth-order valence-corrected chi connectivity index (χ4v) is 2.22. The standard InChI is InChI=1S/C17H14Cl2O4/c18-10-22-16(20)14-5-1-12(2-6-14)9-13-3-7-15(8-4-13)17(21)23-11-19/h1-8H,9-11H2. The minimum absolute atomic E-state index is 0.168. The van der Waals surface area contributed by atoms with Crippen molar-refractivity contribution in [3.63, 3.8) is 0 Å². The number of carbonyl (C=O) groups is 2. The lowest BCUT2D eigenvalue weighted by atomic mass is 10.0. The summed E-state index contributed by atoms with van der Waals surface area (Å²) in [6, 6.07) is 13.8. The number of hydrogen-bond acceptors (Lipinski definition) is 4. The molecule has 0 saturated heterocycles. The van der Waals surface area contributed by atoms with E-state index in [0.29, 0.717) is 17.5 Å². The summed E-state index contributed by atoms with van der Waals surface area (Å²) in [6.07, 6.45) is 0.676. The lowest BCUT2D eigenvalue weighted by Gasteiger charge is -2.05. The van der Waals surface area contributed by atoms with Crippen LogP contribution in [0.2, 0.25) is 0 Å². The zero-order valence-corrected chi connectivity index (χ0v) is 13.6. The van der Waals surface area contributed by atoms with Gasteiger partial charge in [0.05, 0.1) is 11.1 Å². The molecule has 6 heteroatoms. The highest BCUT2D eigenvalue weighted by Gasteiger charge is 2.08. The molecule has 120 valence electrons. The summed E-state index contributed by atoms with van der Waals surface area (Å²) >= 11 is 10.7. The fourth-order valence-electron chi connectivity index (χ4n) is 2.02. The molecule has 23 heavy (non-hydrogen) atoms. The topological polar surface area (TPSA) is 52.6 Å². The van der Waals surface area contributed by atoms with Crippen molar-refractivity contribution in [1.29, 1.82) is 0 Å². The summed E-state index contributed by atoms with van der Waals surface area (Å²) in [7, 11) is 0. The Balaban J connectivity index is 2.02. The Morgan fingerprint density at radius 2 is 1.04 bits per heavy atom. The van der Waals surface area contributed by atoms with Gasteiger partial charge in [-0.25, -0.2) is 9.59 Å². The van der Waals surface area contributed by atoms with Gasteiger partial charge in [0.2, 0.25) is 0 Å². The maximum absolute atomic E-state index is 11.5. The molecule has 0 aliphatic carbocycles. The Hall–Kier alpha value is -2.04. The van der Waals surface area contributed by atoms with Crippen LogP contribution in [0, 0.1) is 0 Å². The summed E-state index contributed by atoms with van der Waals surface area (Å²) in [6.45, 7) is 0. The quantitative estimate of drug-likeness (QED) is 0.582. The van der Waals surface area contributed by atoms with Crippen LogP contribution in [0.3, 0.4) is 0 Å². The molecule has 0 saturated carbocycles. The van der Waals surface area contributed by atoms with Gasteiger partial charge in [-0.1, -0.05) is 47.5 Å². The molecule has 4 nitrogen and oxygen atoms in total. The van der Waals surface area contributed by atoms with E-state index in [-0.39, 0.29) is 12.1 Å². The third kappa shape index (κ3) is 4.98. The molecule has 0 aromatic heterocycles. The Bertz CT molecular complexity index is 606. The molecule has 2 rings (SSSR count). The zero-order chi connectivity index (χ0) is 16.7. The van der Waals surface area contributed by atoms with Crippen LogP contribution in [-0.2, 0) is 15.9 Å². The molecule has 0 aliphatic heterocycles. The van der Waals surface area contributed by atoms with E-state index in [9.17, 15) is 9.59 Å². The summed E-state index contributed by atoms with van der Waals surface area (Å²) < 4.78 is 9.43. The van der Waals surface area contributed by atoms with Gasteiger partial charge in [0, 0.05) is 0 Å². The normalized spacial score (nSPS) is 10.2. The molecule has 0 radical (unpaired) electrons. The Kier molecular flexibility index (Phi) is 6.44. The first-order chi connectivity index (χ1) is 11.1. The molecule has 0 bridgehead atoms. The Morgan fingerprint density at radius 3 is 1.35 bits per heavy atom. The van der Waals surface area contributed by atoms with Crippen LogP contribution in [0.4, 0.5) is 0 Å². The third-order valence-electron chi connectivity index (χ3n) is 3.16. The van der Waals surface area contributed by atoms with Gasteiger partial charge >= 0.3 is 11.9 Å². The molecule has 2 aromatic carbocycles. The number of ether oxygens (including phenoxy) is 2. The van der Waals surface area contributed by atoms with Crippen molar-refractivity contribution in [2.75, 3.05) is 12.1 Å². The molecule has 0 unspecified atom stereocenters. The molecule has 0 heterocycles. The first-order valence-electron chi connectivity index (χ1n) is 6.78. The lowest BCUT2D eigenvalue weighted by molar-refractivity contribution is 0.0565. The first kappa shape index (κ1) is 17.3. The highest BCUT2D eigenvalue weighted by Crippen LogP contribution is 2.13. The fraction of sp³-hybridized carbons (Fsp3) is 0.176. The minimum Gasteiger partial charge on any atom is -0.446 e. The van der Waals surface area contributed by atoms with Crippen LogP contribution < -0.4 is 0 Å². The van der Waals surface area contributed by atoms with E-state index in [2.05, 4.69) is 0 Å². The minimum atomic E-state index is -0.450.